The lowest BCUT2D eigenvalue weighted by molar-refractivity contribution is -0.142. The van der Waals surface area contributed by atoms with Gasteiger partial charge in [0.15, 0.2) is 5.82 Å². The summed E-state index contributed by atoms with van der Waals surface area (Å²) >= 11 is 6.32. The van der Waals surface area contributed by atoms with Crippen LogP contribution in [0.25, 0.3) is 0 Å². The highest BCUT2D eigenvalue weighted by Gasteiger charge is 2.28. The third-order valence-corrected chi connectivity index (χ3v) is 9.16. The van der Waals surface area contributed by atoms with Crippen molar-refractivity contribution in [2.45, 2.75) is 42.0 Å². The highest BCUT2D eigenvalue weighted by molar-refractivity contribution is 7.91. The molecule has 0 radical (unpaired) electrons. The van der Waals surface area contributed by atoms with Crippen LogP contribution in [0.15, 0.2) is 99.6 Å². The fourth-order valence-corrected chi connectivity index (χ4v) is 6.00. The summed E-state index contributed by atoms with van der Waals surface area (Å²) in [5, 5.41) is 15.8. The van der Waals surface area contributed by atoms with Gasteiger partial charge >= 0.3 is 5.97 Å². The van der Waals surface area contributed by atoms with Crippen molar-refractivity contribution in [3.63, 3.8) is 0 Å². The van der Waals surface area contributed by atoms with E-state index < -0.39 is 9.84 Å². The molecule has 0 aliphatic rings. The van der Waals surface area contributed by atoms with Gasteiger partial charge in [0, 0.05) is 12.7 Å². The summed E-state index contributed by atoms with van der Waals surface area (Å²) in [5.41, 5.74) is 2.45. The Bertz CT molecular complexity index is 2010. The number of para-hydroxylation sites is 1. The number of nitrogens with zero attached hydrogens (tertiary/aromatic N) is 4. The van der Waals surface area contributed by atoms with Crippen LogP contribution in [0, 0.1) is 0 Å². The largest absolute Gasteiger partial charge is 0.473 e. The van der Waals surface area contributed by atoms with Gasteiger partial charge in [0.1, 0.15) is 5.02 Å². The van der Waals surface area contributed by atoms with E-state index in [2.05, 4.69) is 40.9 Å². The molecule has 260 valence electrons. The van der Waals surface area contributed by atoms with Crippen molar-refractivity contribution >= 4 is 56.5 Å². The number of aromatic nitrogens is 4. The van der Waals surface area contributed by atoms with Gasteiger partial charge in [0.25, 0.3) is 16.8 Å². The standard InChI is InChI=1S/C34H34ClN7O7S/c1-36-31(44)26-13-7-8-14-28(26)39-30-27(35)22-37-34(40-30)38-24-17-15-23(16-18-24)21-29(43)47-19-9-2-3-10-20-48-32-33(42-49-41-32)50(45,46)25-11-5-4-6-12-25/h4-8,11-18,22H,2-3,9-10,19-21H2,1H3,(H,36,44)(H2,37,38,39,40). The second-order valence-electron chi connectivity index (χ2n) is 10.8. The first-order valence-corrected chi connectivity index (χ1v) is 17.5. The highest BCUT2D eigenvalue weighted by Crippen LogP contribution is 2.28. The van der Waals surface area contributed by atoms with Crippen LogP contribution in [-0.2, 0) is 25.8 Å². The van der Waals surface area contributed by atoms with E-state index in [1.165, 1.54) is 18.3 Å². The van der Waals surface area contributed by atoms with Gasteiger partial charge in [-0.2, -0.15) is 4.98 Å². The van der Waals surface area contributed by atoms with E-state index >= 15 is 0 Å². The number of benzene rings is 3. The van der Waals surface area contributed by atoms with Crippen molar-refractivity contribution < 1.29 is 32.1 Å². The molecule has 0 bridgehead atoms. The molecule has 14 nitrogen and oxygen atoms in total. The van der Waals surface area contributed by atoms with Crippen molar-refractivity contribution in [1.29, 1.82) is 0 Å². The molecule has 50 heavy (non-hydrogen) atoms. The summed E-state index contributed by atoms with van der Waals surface area (Å²) in [6.07, 6.45) is 4.43. The van der Waals surface area contributed by atoms with Gasteiger partial charge in [-0.15, -0.1) is 0 Å². The van der Waals surface area contributed by atoms with Crippen molar-refractivity contribution in [3.05, 3.63) is 101 Å². The molecule has 2 aromatic heterocycles. The number of unbranched alkanes of at least 4 members (excludes halogenated alkanes) is 3. The van der Waals surface area contributed by atoms with Crippen LogP contribution in [0.2, 0.25) is 5.02 Å². The first kappa shape index (κ1) is 35.8. The van der Waals surface area contributed by atoms with E-state index in [0.29, 0.717) is 35.6 Å². The SMILES string of the molecule is CNC(=O)c1ccccc1Nc1nc(Nc2ccc(CC(=O)OCCCCCCOc3nonc3S(=O)(=O)c3ccccc3)cc2)ncc1Cl. The number of hydrogen-bond donors (Lipinski definition) is 3. The van der Waals surface area contributed by atoms with E-state index in [4.69, 9.17) is 21.1 Å². The van der Waals surface area contributed by atoms with E-state index in [0.717, 1.165) is 18.4 Å². The summed E-state index contributed by atoms with van der Waals surface area (Å²) < 4.78 is 41.1. The van der Waals surface area contributed by atoms with Crippen LogP contribution in [-0.4, -0.2) is 60.8 Å². The number of carbonyl (C=O) groups excluding carboxylic acids is 2. The molecule has 0 unspecified atom stereocenters. The van der Waals surface area contributed by atoms with Crippen LogP contribution >= 0.6 is 11.6 Å². The molecule has 5 aromatic rings. The van der Waals surface area contributed by atoms with Crippen LogP contribution in [0.1, 0.15) is 41.6 Å². The Labute approximate surface area is 293 Å². The summed E-state index contributed by atoms with van der Waals surface area (Å²) in [7, 11) is -2.35. The maximum Gasteiger partial charge on any atom is 0.310 e. The van der Waals surface area contributed by atoms with Crippen molar-refractivity contribution in [2.24, 2.45) is 0 Å². The Hall–Kier alpha value is -5.54. The molecule has 0 fully saturated rings. The minimum atomic E-state index is -3.91. The van der Waals surface area contributed by atoms with Gasteiger partial charge in [0.2, 0.25) is 15.8 Å². The maximum absolute atomic E-state index is 12.8. The topological polar surface area (TPSA) is 188 Å². The van der Waals surface area contributed by atoms with Gasteiger partial charge in [-0.05, 0) is 78.0 Å². The van der Waals surface area contributed by atoms with Crippen LogP contribution in [0.3, 0.4) is 0 Å². The molecule has 16 heteroatoms. The fourth-order valence-electron chi connectivity index (χ4n) is 4.67. The lowest BCUT2D eigenvalue weighted by Gasteiger charge is -2.13. The number of nitrogens with one attached hydrogen (secondary N) is 3. The van der Waals surface area contributed by atoms with Gasteiger partial charge in [-0.1, -0.05) is 54.1 Å². The monoisotopic (exact) mass is 719 g/mol. The summed E-state index contributed by atoms with van der Waals surface area (Å²) in [5.74, 6) is -0.160. The molecule has 3 aromatic carbocycles. The van der Waals surface area contributed by atoms with E-state index in [-0.39, 0.29) is 58.3 Å². The lowest BCUT2D eigenvalue weighted by atomic mass is 10.1. The molecule has 1 amide bonds. The number of ether oxygens (including phenoxy) is 2. The van der Waals surface area contributed by atoms with Crippen molar-refractivity contribution in [1.82, 2.24) is 25.6 Å². The predicted molar refractivity (Wildman–Crippen MR) is 185 cm³/mol. The predicted octanol–water partition coefficient (Wildman–Crippen LogP) is 5.92. The smallest absolute Gasteiger partial charge is 0.310 e. The first-order chi connectivity index (χ1) is 24.2. The van der Waals surface area contributed by atoms with E-state index in [1.807, 2.05) is 0 Å². The molecule has 5 rings (SSSR count). The summed E-state index contributed by atoms with van der Waals surface area (Å²) in [6, 6.07) is 22.1. The van der Waals surface area contributed by atoms with Crippen LogP contribution in [0.4, 0.5) is 23.1 Å². The molecular weight excluding hydrogens is 686 g/mol. The molecule has 0 atom stereocenters. The Morgan fingerprint density at radius 2 is 1.58 bits per heavy atom. The van der Waals surface area contributed by atoms with Gasteiger partial charge in [-0.25, -0.2) is 18.0 Å². The number of esters is 1. The minimum Gasteiger partial charge on any atom is -0.473 e. The number of rotatable bonds is 17. The Morgan fingerprint density at radius 3 is 2.34 bits per heavy atom. The second kappa shape index (κ2) is 17.2. The van der Waals surface area contributed by atoms with Crippen LogP contribution in [0.5, 0.6) is 5.88 Å². The maximum atomic E-state index is 12.8. The van der Waals surface area contributed by atoms with Crippen LogP contribution < -0.4 is 20.7 Å². The molecule has 3 N–H and O–H groups in total. The number of amides is 1. The van der Waals surface area contributed by atoms with Crippen molar-refractivity contribution in [3.8, 4) is 5.88 Å². The molecule has 0 saturated heterocycles. The van der Waals surface area contributed by atoms with E-state index in [9.17, 15) is 18.0 Å². The number of hydrogen-bond acceptors (Lipinski definition) is 13. The molecule has 0 aliphatic carbocycles. The average molecular weight is 720 g/mol. The number of anilines is 4. The quantitative estimate of drug-likeness (QED) is 0.0760. The highest BCUT2D eigenvalue weighted by atomic mass is 35.5. The number of sulfone groups is 1. The molecule has 0 saturated carbocycles. The zero-order valence-electron chi connectivity index (χ0n) is 27.0. The Balaban J connectivity index is 1.00. The van der Waals surface area contributed by atoms with E-state index in [1.54, 1.807) is 73.8 Å². The Kier molecular flexibility index (Phi) is 12.3. The van der Waals surface area contributed by atoms with Crippen molar-refractivity contribution in [2.75, 3.05) is 30.9 Å². The normalized spacial score (nSPS) is 11.1. The molecular formula is C34H34ClN7O7S. The van der Waals surface area contributed by atoms with Gasteiger partial charge in [-0.3, -0.25) is 9.59 Å². The third kappa shape index (κ3) is 9.54. The third-order valence-electron chi connectivity index (χ3n) is 7.23. The lowest BCUT2D eigenvalue weighted by Crippen LogP contribution is -2.19. The fraction of sp³-hybridized carbons (Fsp3) is 0.235. The summed E-state index contributed by atoms with van der Waals surface area (Å²) in [6.45, 7) is 0.510. The van der Waals surface area contributed by atoms with Gasteiger partial charge < -0.3 is 25.4 Å². The average Bonchev–Trinajstić information content (AvgIpc) is 3.61. The molecule has 2 heterocycles. The second-order valence-corrected chi connectivity index (χ2v) is 13.1. The molecule has 0 spiro atoms. The Morgan fingerprint density at radius 1 is 0.860 bits per heavy atom. The number of carbonyl (C=O) groups is 2. The first-order valence-electron chi connectivity index (χ1n) is 15.6. The molecule has 0 aliphatic heterocycles. The summed E-state index contributed by atoms with van der Waals surface area (Å²) in [4.78, 5) is 33.4. The number of halogens is 1. The zero-order chi connectivity index (χ0) is 35.3. The zero-order valence-corrected chi connectivity index (χ0v) is 28.5. The minimum absolute atomic E-state index is 0.0701. The van der Waals surface area contributed by atoms with Gasteiger partial charge in [0.05, 0.1) is 42.0 Å².